The molecular formula is C51H50Cl2Zr-4. The molecule has 276 valence electrons. The van der Waals surface area contributed by atoms with Gasteiger partial charge in [0.05, 0.1) is 0 Å². The Morgan fingerprint density at radius 3 is 1.31 bits per heavy atom. The Morgan fingerprint density at radius 2 is 0.815 bits per heavy atom. The molecule has 0 aliphatic heterocycles. The van der Waals surface area contributed by atoms with Crippen LogP contribution in [-0.4, -0.2) is 0 Å². The second kappa shape index (κ2) is 18.6. The van der Waals surface area contributed by atoms with Gasteiger partial charge in [0.15, 0.2) is 0 Å². The van der Waals surface area contributed by atoms with E-state index in [9.17, 15) is 0 Å². The minimum absolute atomic E-state index is 0. The van der Waals surface area contributed by atoms with Crippen molar-refractivity contribution in [3.63, 3.8) is 0 Å². The predicted octanol–water partition coefficient (Wildman–Crippen LogP) is 9.30. The van der Waals surface area contributed by atoms with Crippen LogP contribution in [0.5, 0.6) is 0 Å². The zero-order valence-corrected chi connectivity index (χ0v) is 35.9. The van der Waals surface area contributed by atoms with E-state index in [4.69, 9.17) is 0 Å². The van der Waals surface area contributed by atoms with Gasteiger partial charge in [-0.2, -0.15) is 0 Å². The van der Waals surface area contributed by atoms with E-state index in [0.29, 0.717) is 0 Å². The summed E-state index contributed by atoms with van der Waals surface area (Å²) >= 11 is 0. The SMILES string of the molecule is C.Cc1cc(C)c(-c2ccc3c(c2)[cH-]c2cc(-c4c(C)cc(C)cc4C)ccc23)c(C)c1.[CH3-].[CH3-].[Cl-].[Cl-].[Zr+2].c1ccc2c(c1)ccc1[cH-]c3ccccc3c12. The molecule has 0 atom stereocenters. The summed E-state index contributed by atoms with van der Waals surface area (Å²) in [5, 5.41) is 13.4. The quantitative estimate of drug-likeness (QED) is 0.153. The maximum atomic E-state index is 2.36. The average molecular weight is 825 g/mol. The summed E-state index contributed by atoms with van der Waals surface area (Å²) in [6, 6.07) is 49.3. The molecule has 9 aromatic rings. The molecule has 0 saturated carbocycles. The molecule has 0 aliphatic rings. The Bertz CT molecular complexity index is 2520. The molecule has 0 heterocycles. The van der Waals surface area contributed by atoms with Gasteiger partial charge < -0.3 is 39.7 Å². The van der Waals surface area contributed by atoms with Gasteiger partial charge in [0.25, 0.3) is 0 Å². The van der Waals surface area contributed by atoms with E-state index in [-0.39, 0.29) is 73.3 Å². The van der Waals surface area contributed by atoms with Gasteiger partial charge >= 0.3 is 26.2 Å². The first-order valence-corrected chi connectivity index (χ1v) is 17.0. The zero-order valence-electron chi connectivity index (χ0n) is 32.0. The molecule has 0 bridgehead atoms. The monoisotopic (exact) mass is 822 g/mol. The van der Waals surface area contributed by atoms with Crippen molar-refractivity contribution in [2.75, 3.05) is 0 Å². The van der Waals surface area contributed by atoms with Crippen molar-refractivity contribution in [1.82, 2.24) is 0 Å². The summed E-state index contributed by atoms with van der Waals surface area (Å²) < 4.78 is 0. The molecular weight excluding hydrogens is 775 g/mol. The molecule has 0 unspecified atom stereocenters. The van der Waals surface area contributed by atoms with Gasteiger partial charge in [-0.1, -0.05) is 132 Å². The molecule has 54 heavy (non-hydrogen) atoms. The van der Waals surface area contributed by atoms with Crippen molar-refractivity contribution >= 4 is 53.9 Å². The predicted molar refractivity (Wildman–Crippen MR) is 230 cm³/mol. The van der Waals surface area contributed by atoms with Crippen molar-refractivity contribution in [3.8, 4) is 22.3 Å². The largest absolute Gasteiger partial charge is 2.00 e. The average Bonchev–Trinajstić information content (AvgIpc) is 3.62. The first kappa shape index (κ1) is 46.2. The van der Waals surface area contributed by atoms with E-state index in [1.807, 2.05) is 0 Å². The summed E-state index contributed by atoms with van der Waals surface area (Å²) in [7, 11) is 0. The van der Waals surface area contributed by atoms with E-state index in [1.54, 1.807) is 0 Å². The fraction of sp³-hybridized carbons (Fsp3) is 0.137. The van der Waals surface area contributed by atoms with Crippen LogP contribution in [0.15, 0.2) is 133 Å². The number of halogens is 2. The van der Waals surface area contributed by atoms with Crippen LogP contribution < -0.4 is 24.8 Å². The van der Waals surface area contributed by atoms with Crippen molar-refractivity contribution in [3.05, 3.63) is 182 Å². The van der Waals surface area contributed by atoms with Crippen LogP contribution in [0.1, 0.15) is 40.8 Å². The Morgan fingerprint density at radius 1 is 0.389 bits per heavy atom. The smallest absolute Gasteiger partial charge is 1.00 e. The molecule has 0 aromatic heterocycles. The number of aryl methyl sites for hydroxylation is 6. The number of benzene rings is 7. The van der Waals surface area contributed by atoms with E-state index in [1.165, 1.54) is 109 Å². The molecule has 0 N–H and O–H groups in total. The third-order valence-electron chi connectivity index (χ3n) is 10.1. The Labute approximate surface area is 355 Å². The fourth-order valence-electron chi connectivity index (χ4n) is 8.33. The van der Waals surface area contributed by atoms with E-state index >= 15 is 0 Å². The molecule has 0 nitrogen and oxygen atoms in total. The molecule has 9 aromatic carbocycles. The standard InChI is InChI=1S/C31H29.C17H11.CH4.2CH3.2ClH.Zr/c1-18-11-20(3)30(21(4)12-18)24-7-9-28-26(15-24)17-27-16-25(8-10-29(27)28)31-22(5)13-19(2)14-23(31)6;1-3-7-15-12(5-1)9-10-14-11-13-6-2-4-8-16(13)17(14)15;;;;;;/h7-17H,1-6H3;1-11H;1H4;2*1H3;2*1H;/q2*-1;;2*-1;;;+2/p-2. The van der Waals surface area contributed by atoms with Gasteiger partial charge in [0, 0.05) is 0 Å². The molecule has 0 amide bonds. The molecule has 0 spiro atoms. The maximum absolute atomic E-state index is 2.36. The Balaban J connectivity index is 0.000000378. The normalized spacial score (nSPS) is 10.3. The minimum Gasteiger partial charge on any atom is -1.00 e. The van der Waals surface area contributed by atoms with Crippen LogP contribution >= 0.6 is 0 Å². The van der Waals surface area contributed by atoms with Gasteiger partial charge in [-0.25, -0.2) is 0 Å². The first-order chi connectivity index (χ1) is 23.2. The number of hydrogen-bond donors (Lipinski definition) is 0. The molecule has 9 rings (SSSR count). The first-order valence-electron chi connectivity index (χ1n) is 17.0. The van der Waals surface area contributed by atoms with Crippen molar-refractivity contribution in [2.24, 2.45) is 0 Å². The van der Waals surface area contributed by atoms with E-state index < -0.39 is 0 Å². The third kappa shape index (κ3) is 8.31. The van der Waals surface area contributed by atoms with E-state index in [0.717, 1.165) is 0 Å². The van der Waals surface area contributed by atoms with Gasteiger partial charge in [0.2, 0.25) is 0 Å². The summed E-state index contributed by atoms with van der Waals surface area (Å²) in [6.07, 6.45) is 0. The minimum atomic E-state index is 0. The summed E-state index contributed by atoms with van der Waals surface area (Å²) in [4.78, 5) is 0. The Hall–Kier alpha value is -4.00. The molecule has 0 saturated heterocycles. The zero-order chi connectivity index (χ0) is 33.1. The summed E-state index contributed by atoms with van der Waals surface area (Å²) in [6.45, 7) is 13.2. The van der Waals surface area contributed by atoms with Gasteiger partial charge in [0.1, 0.15) is 0 Å². The number of fused-ring (bicyclic) bond motifs is 8. The van der Waals surface area contributed by atoms with Crippen LogP contribution in [0.2, 0.25) is 0 Å². The molecule has 0 radical (unpaired) electrons. The van der Waals surface area contributed by atoms with Crippen LogP contribution in [0.25, 0.3) is 76.1 Å². The van der Waals surface area contributed by atoms with Crippen LogP contribution in [0, 0.1) is 56.4 Å². The van der Waals surface area contributed by atoms with Crippen molar-refractivity contribution in [2.45, 2.75) is 49.0 Å². The van der Waals surface area contributed by atoms with Crippen molar-refractivity contribution < 1.29 is 51.0 Å². The fourth-order valence-corrected chi connectivity index (χ4v) is 8.33. The molecule has 0 fully saturated rings. The maximum Gasteiger partial charge on any atom is 2.00 e. The van der Waals surface area contributed by atoms with Gasteiger partial charge in [-0.3, -0.25) is 0 Å². The second-order valence-electron chi connectivity index (χ2n) is 13.8. The molecule has 3 heteroatoms. The van der Waals surface area contributed by atoms with Crippen molar-refractivity contribution in [1.29, 1.82) is 0 Å². The Kier molecular flexibility index (Phi) is 15.9. The third-order valence-corrected chi connectivity index (χ3v) is 10.1. The number of rotatable bonds is 2. The van der Waals surface area contributed by atoms with Gasteiger partial charge in [-0.05, 0) is 80.3 Å². The van der Waals surface area contributed by atoms with Crippen LogP contribution in [0.3, 0.4) is 0 Å². The van der Waals surface area contributed by atoms with E-state index in [2.05, 4.69) is 175 Å². The van der Waals surface area contributed by atoms with Crippen LogP contribution in [0.4, 0.5) is 0 Å². The van der Waals surface area contributed by atoms with Crippen LogP contribution in [-0.2, 0) is 26.2 Å². The second-order valence-corrected chi connectivity index (χ2v) is 13.8. The summed E-state index contributed by atoms with van der Waals surface area (Å²) in [5.41, 5.74) is 13.4. The number of hydrogen-bond acceptors (Lipinski definition) is 0. The van der Waals surface area contributed by atoms with Gasteiger partial charge in [-0.15, -0.1) is 79.5 Å². The topological polar surface area (TPSA) is 0 Å². The molecule has 0 aliphatic carbocycles. The summed E-state index contributed by atoms with van der Waals surface area (Å²) in [5.74, 6) is 0.